The summed E-state index contributed by atoms with van der Waals surface area (Å²) in [5.41, 5.74) is 6.48. The Morgan fingerprint density at radius 1 is 1.14 bits per heavy atom. The number of halogens is 1. The number of primary amides is 1. The molecule has 11 nitrogen and oxygen atoms in total. The van der Waals surface area contributed by atoms with Crippen molar-refractivity contribution >= 4 is 27.8 Å². The molecule has 35 heavy (non-hydrogen) atoms. The fourth-order valence-electron chi connectivity index (χ4n) is 3.10. The predicted octanol–water partition coefficient (Wildman–Crippen LogP) is 2.72. The van der Waals surface area contributed by atoms with Crippen molar-refractivity contribution in [1.82, 2.24) is 19.7 Å². The molecule has 1 amide bonds. The topological polar surface area (TPSA) is 158 Å². The Labute approximate surface area is 202 Å². The van der Waals surface area contributed by atoms with Crippen molar-refractivity contribution in [2.75, 3.05) is 25.6 Å². The fourth-order valence-corrected chi connectivity index (χ4v) is 4.28. The van der Waals surface area contributed by atoms with Gasteiger partial charge in [-0.2, -0.15) is 4.98 Å². The molecule has 3 rings (SSSR count). The number of methoxy groups -OCH3 is 1. The predicted molar refractivity (Wildman–Crippen MR) is 127 cm³/mol. The molecule has 4 N–H and O–H groups in total. The van der Waals surface area contributed by atoms with Gasteiger partial charge in [0.2, 0.25) is 16.0 Å². The number of hydrogen-bond donors (Lipinski definition) is 3. The molecule has 1 heterocycles. The molecule has 1 aromatic heterocycles. The van der Waals surface area contributed by atoms with Crippen LogP contribution in [0.4, 0.5) is 20.8 Å². The van der Waals surface area contributed by atoms with Crippen LogP contribution >= 0.6 is 0 Å². The van der Waals surface area contributed by atoms with Crippen molar-refractivity contribution in [3.8, 4) is 17.1 Å². The number of aromatic nitrogens is 3. The van der Waals surface area contributed by atoms with Gasteiger partial charge in [0.25, 0.3) is 0 Å². The van der Waals surface area contributed by atoms with E-state index in [2.05, 4.69) is 29.7 Å². The summed E-state index contributed by atoms with van der Waals surface area (Å²) in [4.78, 5) is 23.1. The highest BCUT2D eigenvalue weighted by Gasteiger charge is 2.13. The Morgan fingerprint density at radius 3 is 2.74 bits per heavy atom. The van der Waals surface area contributed by atoms with Crippen LogP contribution in [0.1, 0.15) is 18.4 Å². The van der Waals surface area contributed by atoms with Gasteiger partial charge < -0.3 is 20.5 Å². The molecular weight excluding hydrogens is 479 g/mol. The molecule has 2 aromatic carbocycles. The van der Waals surface area contributed by atoms with Gasteiger partial charge in [0.1, 0.15) is 17.9 Å². The van der Waals surface area contributed by atoms with E-state index >= 15 is 0 Å². The second kappa shape index (κ2) is 12.0. The minimum absolute atomic E-state index is 0.136. The van der Waals surface area contributed by atoms with E-state index in [9.17, 15) is 17.6 Å². The van der Waals surface area contributed by atoms with Crippen molar-refractivity contribution in [2.24, 2.45) is 5.73 Å². The Bertz CT molecular complexity index is 1270. The Morgan fingerprint density at radius 2 is 1.97 bits per heavy atom. The number of unbranched alkanes of at least 4 members (excludes halogenated alkanes) is 1. The average Bonchev–Trinajstić information content (AvgIpc) is 2.81. The number of anilines is 2. The standard InChI is InChI=1S/C22H25FN6O5S/c1-33-19-12-16(23)7-8-18(19)20-25-14-26-22(29-20)28-17-6-4-5-15(11-17)13-35(31,32)27-9-2-3-10-34-21(24)30/h4-8,11-12,14,27H,2-3,9-10,13H2,1H3,(H2,24,30)(H,25,26,28,29). The number of nitrogens with two attached hydrogens (primary N) is 1. The number of rotatable bonds is 12. The molecule has 0 aliphatic rings. The van der Waals surface area contributed by atoms with Gasteiger partial charge in [-0.05, 0) is 42.7 Å². The zero-order valence-corrected chi connectivity index (χ0v) is 19.7. The quantitative estimate of drug-likeness (QED) is 0.315. The molecule has 0 atom stereocenters. The van der Waals surface area contributed by atoms with Gasteiger partial charge in [-0.15, -0.1) is 0 Å². The monoisotopic (exact) mass is 504 g/mol. The van der Waals surface area contributed by atoms with E-state index in [0.717, 1.165) is 0 Å². The smallest absolute Gasteiger partial charge is 0.404 e. The minimum Gasteiger partial charge on any atom is -0.496 e. The van der Waals surface area contributed by atoms with Gasteiger partial charge in [0.15, 0.2) is 5.82 Å². The van der Waals surface area contributed by atoms with Gasteiger partial charge in [-0.3, -0.25) is 0 Å². The average molecular weight is 505 g/mol. The van der Waals surface area contributed by atoms with Crippen LogP contribution in [-0.4, -0.2) is 49.7 Å². The van der Waals surface area contributed by atoms with Crippen molar-refractivity contribution in [1.29, 1.82) is 0 Å². The van der Waals surface area contributed by atoms with Crippen LogP contribution in [0.2, 0.25) is 0 Å². The second-order valence-electron chi connectivity index (χ2n) is 7.33. The summed E-state index contributed by atoms with van der Waals surface area (Å²) in [5.74, 6) is 0.107. The van der Waals surface area contributed by atoms with Crippen molar-refractivity contribution in [3.63, 3.8) is 0 Å². The van der Waals surface area contributed by atoms with Gasteiger partial charge in [-0.1, -0.05) is 12.1 Å². The number of amides is 1. The van der Waals surface area contributed by atoms with E-state index in [1.807, 2.05) is 0 Å². The number of carbonyl (C=O) groups excluding carboxylic acids is 1. The summed E-state index contributed by atoms with van der Waals surface area (Å²) in [5, 5.41) is 3.02. The van der Waals surface area contributed by atoms with E-state index in [4.69, 9.17) is 10.5 Å². The lowest BCUT2D eigenvalue weighted by Gasteiger charge is -2.10. The number of hydrogen-bond acceptors (Lipinski definition) is 9. The molecule has 0 saturated carbocycles. The summed E-state index contributed by atoms with van der Waals surface area (Å²) < 4.78 is 50.6. The van der Waals surface area contributed by atoms with Crippen molar-refractivity contribution < 1.29 is 27.1 Å². The van der Waals surface area contributed by atoms with E-state index in [1.165, 1.54) is 31.6 Å². The van der Waals surface area contributed by atoms with Crippen molar-refractivity contribution in [2.45, 2.75) is 18.6 Å². The molecule has 13 heteroatoms. The van der Waals surface area contributed by atoms with Crippen molar-refractivity contribution in [3.05, 3.63) is 60.2 Å². The zero-order chi connectivity index (χ0) is 25.3. The van der Waals surface area contributed by atoms with E-state index in [-0.39, 0.29) is 36.4 Å². The van der Waals surface area contributed by atoms with Crippen LogP contribution < -0.4 is 20.5 Å². The first-order valence-corrected chi connectivity index (χ1v) is 12.2. The van der Waals surface area contributed by atoms with Gasteiger partial charge in [0.05, 0.1) is 25.0 Å². The molecule has 186 valence electrons. The van der Waals surface area contributed by atoms with Crippen LogP contribution in [0.25, 0.3) is 11.4 Å². The maximum absolute atomic E-state index is 13.5. The number of carbonyl (C=O) groups is 1. The lowest BCUT2D eigenvalue weighted by Crippen LogP contribution is -2.26. The molecule has 0 aliphatic carbocycles. The third-order valence-corrected chi connectivity index (χ3v) is 6.01. The van der Waals surface area contributed by atoms with Crippen LogP contribution in [-0.2, 0) is 20.5 Å². The first-order valence-electron chi connectivity index (χ1n) is 10.5. The van der Waals surface area contributed by atoms with E-state index in [0.29, 0.717) is 29.7 Å². The summed E-state index contributed by atoms with van der Waals surface area (Å²) in [6, 6.07) is 10.8. The van der Waals surface area contributed by atoms with Crippen LogP contribution in [0.5, 0.6) is 5.75 Å². The Balaban J connectivity index is 1.63. The minimum atomic E-state index is -3.58. The summed E-state index contributed by atoms with van der Waals surface area (Å²) in [6.45, 7) is 0.348. The first-order chi connectivity index (χ1) is 16.8. The number of nitrogens with one attached hydrogen (secondary N) is 2. The highest BCUT2D eigenvalue weighted by Crippen LogP contribution is 2.28. The maximum atomic E-state index is 13.5. The summed E-state index contributed by atoms with van der Waals surface area (Å²) in [6.07, 6.45) is 1.43. The first kappa shape index (κ1) is 25.8. The summed E-state index contributed by atoms with van der Waals surface area (Å²) in [7, 11) is -2.16. The van der Waals surface area contributed by atoms with Gasteiger partial charge in [-0.25, -0.2) is 32.3 Å². The Hall–Kier alpha value is -3.84. The molecule has 3 aromatic rings. The molecular formula is C22H25FN6O5S. The molecule has 0 radical (unpaired) electrons. The van der Waals surface area contributed by atoms with Crippen LogP contribution in [0.3, 0.4) is 0 Å². The zero-order valence-electron chi connectivity index (χ0n) is 18.9. The molecule has 0 aliphatic heterocycles. The van der Waals surface area contributed by atoms with Crippen LogP contribution in [0, 0.1) is 5.82 Å². The largest absolute Gasteiger partial charge is 0.496 e. The fraction of sp³-hybridized carbons (Fsp3) is 0.273. The molecule has 0 fully saturated rings. The molecule has 0 spiro atoms. The molecule has 0 bridgehead atoms. The van der Waals surface area contributed by atoms with Gasteiger partial charge in [0, 0.05) is 18.3 Å². The molecule has 0 unspecified atom stereocenters. The summed E-state index contributed by atoms with van der Waals surface area (Å²) >= 11 is 0. The SMILES string of the molecule is COc1cc(F)ccc1-c1ncnc(Nc2cccc(CS(=O)(=O)NCCCCOC(N)=O)c2)n1. The highest BCUT2D eigenvalue weighted by molar-refractivity contribution is 7.88. The number of sulfonamides is 1. The Kier molecular flexibility index (Phi) is 8.86. The van der Waals surface area contributed by atoms with Gasteiger partial charge >= 0.3 is 6.09 Å². The third-order valence-electron chi connectivity index (χ3n) is 4.65. The van der Waals surface area contributed by atoms with E-state index < -0.39 is 21.9 Å². The molecule has 0 saturated heterocycles. The lowest BCUT2D eigenvalue weighted by molar-refractivity contribution is 0.154. The van der Waals surface area contributed by atoms with E-state index in [1.54, 1.807) is 24.3 Å². The second-order valence-corrected chi connectivity index (χ2v) is 9.14. The third kappa shape index (κ3) is 8.15. The lowest BCUT2D eigenvalue weighted by atomic mass is 10.2. The maximum Gasteiger partial charge on any atom is 0.404 e. The highest BCUT2D eigenvalue weighted by atomic mass is 32.2. The number of nitrogens with zero attached hydrogens (tertiary/aromatic N) is 3. The number of ether oxygens (including phenoxy) is 2. The number of benzene rings is 2. The normalized spacial score (nSPS) is 11.1. The van der Waals surface area contributed by atoms with Crippen LogP contribution in [0.15, 0.2) is 48.8 Å².